The average Bonchev–Trinajstić information content (AvgIpc) is 2.65. The second kappa shape index (κ2) is 10.8. The van der Waals surface area contributed by atoms with Crippen LogP contribution in [-0.4, -0.2) is 27.3 Å². The molecule has 2 aromatic carbocycles. The molecule has 2 atom stereocenters. The predicted molar refractivity (Wildman–Crippen MR) is 119 cm³/mol. The fourth-order valence-electron chi connectivity index (χ4n) is 3.16. The zero-order valence-corrected chi connectivity index (χ0v) is 19.2. The highest BCUT2D eigenvalue weighted by Crippen LogP contribution is 2.44. The largest absolute Gasteiger partial charge is 0.497 e. The SMILES string of the molecule is CCN[C@H](c1c(Cl)cc(OC)cc1Cl)[C@@H](NCC)c1c(Cl)cc(OC)cc1Cl. The van der Waals surface area contributed by atoms with E-state index in [1.165, 1.54) is 0 Å². The maximum absolute atomic E-state index is 6.58. The Balaban J connectivity index is 2.64. The summed E-state index contributed by atoms with van der Waals surface area (Å²) in [6.45, 7) is 5.41. The lowest BCUT2D eigenvalue weighted by Crippen LogP contribution is -2.36. The molecule has 0 unspecified atom stereocenters. The number of benzene rings is 2. The van der Waals surface area contributed by atoms with Crippen molar-refractivity contribution in [1.29, 1.82) is 0 Å². The van der Waals surface area contributed by atoms with Gasteiger partial charge >= 0.3 is 0 Å². The number of ether oxygens (including phenoxy) is 2. The molecule has 0 aliphatic rings. The minimum absolute atomic E-state index is 0.278. The van der Waals surface area contributed by atoms with Crippen molar-refractivity contribution in [2.24, 2.45) is 0 Å². The van der Waals surface area contributed by atoms with Gasteiger partial charge in [0.05, 0.1) is 46.4 Å². The minimum Gasteiger partial charge on any atom is -0.497 e. The zero-order chi connectivity index (χ0) is 20.8. The maximum Gasteiger partial charge on any atom is 0.121 e. The summed E-state index contributed by atoms with van der Waals surface area (Å²) in [6, 6.07) is 6.42. The van der Waals surface area contributed by atoms with Crippen LogP contribution in [0.25, 0.3) is 0 Å². The van der Waals surface area contributed by atoms with E-state index in [9.17, 15) is 0 Å². The van der Waals surface area contributed by atoms with Crippen molar-refractivity contribution < 1.29 is 9.47 Å². The third kappa shape index (κ3) is 5.18. The normalized spacial score (nSPS) is 13.3. The summed E-state index contributed by atoms with van der Waals surface area (Å²) in [5.41, 5.74) is 1.50. The molecule has 0 saturated heterocycles. The van der Waals surface area contributed by atoms with Crippen LogP contribution in [0.15, 0.2) is 24.3 Å². The van der Waals surface area contributed by atoms with E-state index in [1.807, 2.05) is 13.8 Å². The number of hydrogen-bond donors (Lipinski definition) is 2. The molecule has 0 fully saturated rings. The van der Waals surface area contributed by atoms with E-state index >= 15 is 0 Å². The van der Waals surface area contributed by atoms with Gasteiger partial charge in [-0.1, -0.05) is 60.3 Å². The molecule has 2 aromatic rings. The Labute approximate surface area is 186 Å². The molecule has 0 radical (unpaired) electrons. The first-order chi connectivity index (χ1) is 13.4. The van der Waals surface area contributed by atoms with Crippen molar-refractivity contribution in [3.05, 3.63) is 55.5 Å². The van der Waals surface area contributed by atoms with Crippen LogP contribution in [0.4, 0.5) is 0 Å². The van der Waals surface area contributed by atoms with Crippen LogP contribution in [0.3, 0.4) is 0 Å². The van der Waals surface area contributed by atoms with E-state index < -0.39 is 0 Å². The summed E-state index contributed by atoms with van der Waals surface area (Å²) in [6.07, 6.45) is 0. The van der Waals surface area contributed by atoms with E-state index in [0.717, 1.165) is 11.1 Å². The smallest absolute Gasteiger partial charge is 0.121 e. The molecule has 8 heteroatoms. The van der Waals surface area contributed by atoms with E-state index in [-0.39, 0.29) is 12.1 Å². The Bertz CT molecular complexity index is 703. The lowest BCUT2D eigenvalue weighted by molar-refractivity contribution is 0.393. The van der Waals surface area contributed by atoms with Gasteiger partial charge in [-0.15, -0.1) is 0 Å². The molecule has 0 aliphatic heterocycles. The molecule has 0 aliphatic carbocycles. The molecule has 0 spiro atoms. The second-order valence-electron chi connectivity index (χ2n) is 6.08. The van der Waals surface area contributed by atoms with Gasteiger partial charge < -0.3 is 20.1 Å². The summed E-state index contributed by atoms with van der Waals surface area (Å²) >= 11 is 26.3. The van der Waals surface area contributed by atoms with Crippen molar-refractivity contribution in [1.82, 2.24) is 10.6 Å². The van der Waals surface area contributed by atoms with Gasteiger partial charge in [0.15, 0.2) is 0 Å². The topological polar surface area (TPSA) is 42.5 Å². The van der Waals surface area contributed by atoms with Gasteiger partial charge in [-0.3, -0.25) is 0 Å². The zero-order valence-electron chi connectivity index (χ0n) is 16.2. The fourth-order valence-corrected chi connectivity index (χ4v) is 4.57. The van der Waals surface area contributed by atoms with Gasteiger partial charge in [0.2, 0.25) is 0 Å². The Morgan fingerprint density at radius 3 is 1.18 bits per heavy atom. The van der Waals surface area contributed by atoms with Crippen molar-refractivity contribution in [2.45, 2.75) is 25.9 Å². The summed E-state index contributed by atoms with van der Waals surface area (Å²) in [5, 5.41) is 8.92. The predicted octanol–water partition coefficient (Wildman–Crippen LogP) is 6.32. The first kappa shape index (κ1) is 23.4. The Morgan fingerprint density at radius 2 is 0.964 bits per heavy atom. The second-order valence-corrected chi connectivity index (χ2v) is 7.71. The molecular weight excluding hydrogens is 442 g/mol. The average molecular weight is 466 g/mol. The van der Waals surface area contributed by atoms with Gasteiger partial charge in [0.25, 0.3) is 0 Å². The quantitative estimate of drug-likeness (QED) is 0.454. The van der Waals surface area contributed by atoms with Crippen LogP contribution >= 0.6 is 46.4 Å². The van der Waals surface area contributed by atoms with E-state index in [1.54, 1.807) is 38.5 Å². The first-order valence-electron chi connectivity index (χ1n) is 8.90. The van der Waals surface area contributed by atoms with E-state index in [0.29, 0.717) is 44.7 Å². The van der Waals surface area contributed by atoms with Crippen LogP contribution in [-0.2, 0) is 0 Å². The minimum atomic E-state index is -0.278. The molecule has 0 saturated carbocycles. The molecule has 28 heavy (non-hydrogen) atoms. The van der Waals surface area contributed by atoms with Gasteiger partial charge in [0, 0.05) is 11.1 Å². The van der Waals surface area contributed by atoms with Crippen LogP contribution in [0, 0.1) is 0 Å². The Kier molecular flexibility index (Phi) is 9.00. The third-order valence-electron chi connectivity index (χ3n) is 4.38. The number of methoxy groups -OCH3 is 2. The summed E-state index contributed by atoms with van der Waals surface area (Å²) in [5.74, 6) is 1.18. The summed E-state index contributed by atoms with van der Waals surface area (Å²) in [4.78, 5) is 0. The van der Waals surface area contributed by atoms with Crippen LogP contribution in [0.5, 0.6) is 11.5 Å². The number of halogens is 4. The highest BCUT2D eigenvalue weighted by atomic mass is 35.5. The lowest BCUT2D eigenvalue weighted by atomic mass is 9.92. The van der Waals surface area contributed by atoms with Crippen LogP contribution in [0.2, 0.25) is 20.1 Å². The molecule has 0 aromatic heterocycles. The first-order valence-corrected chi connectivity index (χ1v) is 10.4. The molecule has 0 bridgehead atoms. The molecule has 4 nitrogen and oxygen atoms in total. The van der Waals surface area contributed by atoms with E-state index in [2.05, 4.69) is 10.6 Å². The highest BCUT2D eigenvalue weighted by Gasteiger charge is 2.31. The van der Waals surface area contributed by atoms with E-state index in [4.69, 9.17) is 55.9 Å². The number of hydrogen-bond acceptors (Lipinski definition) is 4. The third-order valence-corrected chi connectivity index (χ3v) is 5.63. The molecule has 0 amide bonds. The highest BCUT2D eigenvalue weighted by molar-refractivity contribution is 6.37. The van der Waals surface area contributed by atoms with Crippen LogP contribution in [0.1, 0.15) is 37.1 Å². The van der Waals surface area contributed by atoms with Crippen molar-refractivity contribution in [3.63, 3.8) is 0 Å². The van der Waals surface area contributed by atoms with Crippen molar-refractivity contribution >= 4 is 46.4 Å². The lowest BCUT2D eigenvalue weighted by Gasteiger charge is -2.32. The summed E-state index contributed by atoms with van der Waals surface area (Å²) in [7, 11) is 3.14. The molecule has 2 rings (SSSR count). The number of nitrogens with one attached hydrogen (secondary N) is 2. The summed E-state index contributed by atoms with van der Waals surface area (Å²) < 4.78 is 10.5. The monoisotopic (exact) mass is 464 g/mol. The van der Waals surface area contributed by atoms with Crippen molar-refractivity contribution in [3.8, 4) is 11.5 Å². The molecule has 0 heterocycles. The van der Waals surface area contributed by atoms with Gasteiger partial charge in [-0.05, 0) is 37.4 Å². The molecule has 154 valence electrons. The Hall–Kier alpha value is -0.880. The Morgan fingerprint density at radius 1 is 0.679 bits per heavy atom. The maximum atomic E-state index is 6.58. The van der Waals surface area contributed by atoms with Crippen LogP contribution < -0.4 is 20.1 Å². The van der Waals surface area contributed by atoms with Gasteiger partial charge in [-0.25, -0.2) is 0 Å². The van der Waals surface area contributed by atoms with Crippen molar-refractivity contribution in [2.75, 3.05) is 27.3 Å². The number of rotatable bonds is 9. The number of likely N-dealkylation sites (N-methyl/N-ethyl adjacent to an activating group) is 2. The molecule has 2 N–H and O–H groups in total. The van der Waals surface area contributed by atoms with Gasteiger partial charge in [0.1, 0.15) is 11.5 Å². The fraction of sp³-hybridized carbons (Fsp3) is 0.400. The van der Waals surface area contributed by atoms with Gasteiger partial charge in [-0.2, -0.15) is 0 Å². The standard InChI is InChI=1S/C20H24Cl4N2O2/c1-5-25-19(17-13(21)7-11(27-3)8-14(17)22)20(26-6-2)18-15(23)9-12(28-4)10-16(18)24/h7-10,19-20,25-26H,5-6H2,1-4H3/t19-,20+. The molecular formula is C20H24Cl4N2O2.